The van der Waals surface area contributed by atoms with E-state index in [9.17, 15) is 27.2 Å². The molecule has 1 fully saturated rings. The Morgan fingerprint density at radius 2 is 1.96 bits per heavy atom. The number of benzene rings is 1. The molecule has 1 aromatic heterocycles. The van der Waals surface area contributed by atoms with Crippen LogP contribution in [0.4, 0.5) is 23.2 Å². The molecule has 4 nitrogen and oxygen atoms in total. The van der Waals surface area contributed by atoms with E-state index in [0.717, 1.165) is 30.0 Å². The summed E-state index contributed by atoms with van der Waals surface area (Å²) < 4.78 is 52.5. The third-order valence-electron chi connectivity index (χ3n) is 5.64. The van der Waals surface area contributed by atoms with Gasteiger partial charge in [-0.25, -0.2) is 4.39 Å². The molecule has 1 amide bonds. The first-order valence-electron chi connectivity index (χ1n) is 8.73. The summed E-state index contributed by atoms with van der Waals surface area (Å²) in [5.41, 5.74) is 0.194. The molecule has 2 N–H and O–H groups in total. The van der Waals surface area contributed by atoms with Gasteiger partial charge in [0.05, 0.1) is 11.3 Å². The number of carbonyl (C=O) groups is 1. The lowest BCUT2D eigenvalue weighted by Gasteiger charge is -2.31. The molecule has 2 aliphatic rings. The van der Waals surface area contributed by atoms with E-state index in [-0.39, 0.29) is 27.6 Å². The van der Waals surface area contributed by atoms with Crippen molar-refractivity contribution in [2.75, 3.05) is 5.32 Å². The summed E-state index contributed by atoms with van der Waals surface area (Å²) >= 11 is 2.80. The number of hydrogen-bond acceptors (Lipinski definition) is 2. The highest BCUT2D eigenvalue weighted by atomic mass is 79.9. The van der Waals surface area contributed by atoms with Gasteiger partial charge in [0, 0.05) is 22.7 Å². The highest BCUT2D eigenvalue weighted by molar-refractivity contribution is 9.10. The maximum atomic E-state index is 14.2. The first-order valence-corrected chi connectivity index (χ1v) is 9.53. The summed E-state index contributed by atoms with van der Waals surface area (Å²) in [5, 5.41) is 2.46. The lowest BCUT2D eigenvalue weighted by molar-refractivity contribution is -0.138. The van der Waals surface area contributed by atoms with Gasteiger partial charge in [-0.3, -0.25) is 9.59 Å². The molecule has 2 aliphatic carbocycles. The van der Waals surface area contributed by atoms with Crippen molar-refractivity contribution < 1.29 is 22.4 Å². The van der Waals surface area contributed by atoms with E-state index in [1.807, 2.05) is 0 Å². The number of halogens is 5. The molecule has 4 rings (SSSR count). The Bertz CT molecular complexity index is 1020. The number of alkyl halides is 3. The molecule has 2 bridgehead atoms. The number of hydrogen-bond donors (Lipinski definition) is 2. The molecule has 28 heavy (non-hydrogen) atoms. The Balaban J connectivity index is 1.61. The summed E-state index contributed by atoms with van der Waals surface area (Å²) in [7, 11) is 0. The molecule has 1 aromatic carbocycles. The van der Waals surface area contributed by atoms with Crippen LogP contribution in [0.15, 0.2) is 33.7 Å². The smallest absolute Gasteiger partial charge is 0.329 e. The number of amides is 1. The fraction of sp³-hybridized carbons (Fsp3) is 0.368. The van der Waals surface area contributed by atoms with Crippen molar-refractivity contribution in [3.8, 4) is 0 Å². The number of rotatable bonds is 2. The monoisotopic (exact) mass is 458 g/mol. The first kappa shape index (κ1) is 19.2. The van der Waals surface area contributed by atoms with Gasteiger partial charge in [-0.15, -0.1) is 0 Å². The number of fused-ring (bicyclic) bond motifs is 4. The maximum Gasteiger partial charge on any atom is 0.417 e. The zero-order valence-electron chi connectivity index (χ0n) is 14.4. The minimum absolute atomic E-state index is 0.0141. The predicted molar refractivity (Wildman–Crippen MR) is 97.5 cm³/mol. The molecule has 2 aromatic rings. The lowest BCUT2D eigenvalue weighted by atomic mass is 9.75. The van der Waals surface area contributed by atoms with Crippen molar-refractivity contribution in [3.05, 3.63) is 61.7 Å². The fourth-order valence-corrected chi connectivity index (χ4v) is 5.03. The topological polar surface area (TPSA) is 62.0 Å². The normalized spacial score (nSPS) is 23.4. The third kappa shape index (κ3) is 3.25. The van der Waals surface area contributed by atoms with Gasteiger partial charge in [-0.2, -0.15) is 13.2 Å². The van der Waals surface area contributed by atoms with E-state index in [0.29, 0.717) is 12.5 Å². The Kier molecular flexibility index (Phi) is 4.60. The molecule has 1 heterocycles. The average molecular weight is 459 g/mol. The average Bonchev–Trinajstić information content (AvgIpc) is 2.92. The summed E-state index contributed by atoms with van der Waals surface area (Å²) in [4.78, 5) is 27.0. The minimum atomic E-state index is -4.70. The zero-order valence-corrected chi connectivity index (χ0v) is 16.0. The van der Waals surface area contributed by atoms with Gasteiger partial charge in [-0.1, -0.05) is 15.9 Å². The number of carbonyl (C=O) groups excluding carboxylic acids is 1. The van der Waals surface area contributed by atoms with Crippen molar-refractivity contribution >= 4 is 27.5 Å². The van der Waals surface area contributed by atoms with Gasteiger partial charge in [0.2, 0.25) is 11.5 Å². The van der Waals surface area contributed by atoms with E-state index in [2.05, 4.69) is 26.2 Å². The van der Waals surface area contributed by atoms with Crippen LogP contribution < -0.4 is 10.9 Å². The van der Waals surface area contributed by atoms with Crippen LogP contribution in [0.5, 0.6) is 0 Å². The standard InChI is InChI=1S/C19H15BrF4N2O2/c20-13-6-15(14(21)5-12(13)19(22,23)24)26-18(28)17-8-1-2-10(17)11-7-25-16(27)4-9(11)3-8/h4-8,10,17H,1-3H2,(H,25,27)(H,26,28). The summed E-state index contributed by atoms with van der Waals surface area (Å²) in [5.74, 6) is -2.07. The molecule has 0 spiro atoms. The SMILES string of the molecule is O=C(Nc1cc(Br)c(C(F)(F)F)cc1F)C1C2CCC1c1c[nH]c(=O)cc1C2. The molecule has 0 aliphatic heterocycles. The maximum absolute atomic E-state index is 14.2. The van der Waals surface area contributed by atoms with Crippen LogP contribution in [0.1, 0.15) is 35.4 Å². The van der Waals surface area contributed by atoms with E-state index >= 15 is 0 Å². The van der Waals surface area contributed by atoms with Gasteiger partial charge in [-0.05, 0) is 54.4 Å². The molecule has 0 radical (unpaired) electrons. The van der Waals surface area contributed by atoms with Crippen molar-refractivity contribution in [1.29, 1.82) is 0 Å². The predicted octanol–water partition coefficient (Wildman–Crippen LogP) is 4.60. The van der Waals surface area contributed by atoms with Gasteiger partial charge in [0.25, 0.3) is 0 Å². The van der Waals surface area contributed by atoms with Crippen LogP contribution in [0.25, 0.3) is 0 Å². The van der Waals surface area contributed by atoms with Crippen molar-refractivity contribution in [2.24, 2.45) is 11.8 Å². The molecule has 3 unspecified atom stereocenters. The van der Waals surface area contributed by atoms with Crippen molar-refractivity contribution in [1.82, 2.24) is 4.98 Å². The van der Waals surface area contributed by atoms with Crippen LogP contribution in [0.2, 0.25) is 0 Å². The van der Waals surface area contributed by atoms with Gasteiger partial charge in [0.15, 0.2) is 0 Å². The number of aromatic nitrogens is 1. The summed E-state index contributed by atoms with van der Waals surface area (Å²) in [6.07, 6.45) is -0.941. The van der Waals surface area contributed by atoms with Gasteiger partial charge < -0.3 is 10.3 Å². The molecule has 9 heteroatoms. The van der Waals surface area contributed by atoms with E-state index < -0.39 is 29.4 Å². The largest absolute Gasteiger partial charge is 0.417 e. The van der Waals surface area contributed by atoms with Crippen LogP contribution in [0.3, 0.4) is 0 Å². The second kappa shape index (κ2) is 6.72. The Hall–Kier alpha value is -2.16. The summed E-state index contributed by atoms with van der Waals surface area (Å²) in [6, 6.07) is 2.85. The second-order valence-electron chi connectivity index (χ2n) is 7.25. The zero-order chi connectivity index (χ0) is 20.2. The molecular formula is C19H15BrF4N2O2. The number of pyridine rings is 1. The van der Waals surface area contributed by atoms with Crippen LogP contribution >= 0.6 is 15.9 Å². The minimum Gasteiger partial charge on any atom is -0.329 e. The number of nitrogens with one attached hydrogen (secondary N) is 2. The van der Waals surface area contributed by atoms with Crippen LogP contribution in [0, 0.1) is 17.7 Å². The highest BCUT2D eigenvalue weighted by Crippen LogP contribution is 2.50. The van der Waals surface area contributed by atoms with Crippen molar-refractivity contribution in [3.63, 3.8) is 0 Å². The highest BCUT2D eigenvalue weighted by Gasteiger charge is 2.46. The van der Waals surface area contributed by atoms with Crippen molar-refractivity contribution in [2.45, 2.75) is 31.4 Å². The molecular weight excluding hydrogens is 444 g/mol. The molecule has 0 saturated heterocycles. The quantitative estimate of drug-likeness (QED) is 0.646. The molecule has 3 atom stereocenters. The van der Waals surface area contributed by atoms with Crippen LogP contribution in [-0.2, 0) is 17.4 Å². The Morgan fingerprint density at radius 1 is 1.21 bits per heavy atom. The molecule has 148 valence electrons. The Morgan fingerprint density at radius 3 is 2.68 bits per heavy atom. The lowest BCUT2D eigenvalue weighted by Crippen LogP contribution is -2.34. The third-order valence-corrected chi connectivity index (χ3v) is 6.30. The first-order chi connectivity index (χ1) is 13.1. The number of aromatic amines is 1. The summed E-state index contributed by atoms with van der Waals surface area (Å²) in [6.45, 7) is 0. The second-order valence-corrected chi connectivity index (χ2v) is 8.10. The van der Waals surface area contributed by atoms with E-state index in [1.54, 1.807) is 12.3 Å². The van der Waals surface area contributed by atoms with E-state index in [4.69, 9.17) is 0 Å². The Labute approximate surface area is 165 Å². The number of anilines is 1. The fourth-order valence-electron chi connectivity index (χ4n) is 4.46. The number of H-pyrrole nitrogens is 1. The molecule has 1 saturated carbocycles. The van der Waals surface area contributed by atoms with E-state index in [1.165, 1.54) is 0 Å². The van der Waals surface area contributed by atoms with Crippen LogP contribution in [-0.4, -0.2) is 10.9 Å². The van der Waals surface area contributed by atoms with Gasteiger partial charge in [0.1, 0.15) is 5.82 Å². The van der Waals surface area contributed by atoms with Gasteiger partial charge >= 0.3 is 6.18 Å².